The Morgan fingerprint density at radius 3 is 2.67 bits per heavy atom. The fourth-order valence-electron chi connectivity index (χ4n) is 1.28. The van der Waals surface area contributed by atoms with E-state index < -0.39 is 0 Å². The second-order valence-electron chi connectivity index (χ2n) is 2.96. The number of methoxy groups -OCH3 is 2. The van der Waals surface area contributed by atoms with E-state index in [4.69, 9.17) is 9.47 Å². The van der Waals surface area contributed by atoms with E-state index in [0.717, 1.165) is 10.5 Å². The lowest BCUT2D eigenvalue weighted by atomic mass is 10.1. The van der Waals surface area contributed by atoms with Gasteiger partial charge in [-0.05, 0) is 24.0 Å². The van der Waals surface area contributed by atoms with Crippen LogP contribution in [0.4, 0.5) is 0 Å². The lowest BCUT2D eigenvalue weighted by Gasteiger charge is -2.07. The lowest BCUT2D eigenvalue weighted by molar-refractivity contribution is 0.0596. The SMILES string of the molecule is COCc1ccc(SC)c(C(=O)OC)c1. The van der Waals surface area contributed by atoms with Crippen molar-refractivity contribution in [2.75, 3.05) is 20.5 Å². The van der Waals surface area contributed by atoms with Crippen LogP contribution in [0.5, 0.6) is 0 Å². The normalized spacial score (nSPS) is 10.1. The number of esters is 1. The molecule has 0 unspecified atom stereocenters. The first kappa shape index (κ1) is 12.1. The molecule has 1 aromatic rings. The van der Waals surface area contributed by atoms with Gasteiger partial charge in [-0.15, -0.1) is 11.8 Å². The summed E-state index contributed by atoms with van der Waals surface area (Å²) in [5, 5.41) is 0. The van der Waals surface area contributed by atoms with E-state index in [1.54, 1.807) is 13.2 Å². The Labute approximate surface area is 93.8 Å². The zero-order valence-electron chi connectivity index (χ0n) is 9.07. The van der Waals surface area contributed by atoms with Gasteiger partial charge in [0.2, 0.25) is 0 Å². The summed E-state index contributed by atoms with van der Waals surface area (Å²) in [5.74, 6) is -0.308. The number of thioether (sulfide) groups is 1. The Balaban J connectivity index is 3.07. The van der Waals surface area contributed by atoms with Gasteiger partial charge in [0.05, 0.1) is 19.3 Å². The Bertz CT molecular complexity index is 350. The summed E-state index contributed by atoms with van der Waals surface area (Å²) in [6, 6.07) is 5.66. The van der Waals surface area contributed by atoms with Gasteiger partial charge >= 0.3 is 5.97 Å². The molecule has 0 aliphatic heterocycles. The molecule has 3 nitrogen and oxygen atoms in total. The van der Waals surface area contributed by atoms with Crippen molar-refractivity contribution in [1.29, 1.82) is 0 Å². The summed E-state index contributed by atoms with van der Waals surface area (Å²) in [7, 11) is 3.01. The quantitative estimate of drug-likeness (QED) is 0.583. The fraction of sp³-hybridized carbons (Fsp3) is 0.364. The van der Waals surface area contributed by atoms with E-state index in [0.29, 0.717) is 12.2 Å². The lowest BCUT2D eigenvalue weighted by Crippen LogP contribution is -2.04. The molecule has 0 aliphatic rings. The summed E-state index contributed by atoms with van der Waals surface area (Å²) in [6.45, 7) is 0.499. The van der Waals surface area contributed by atoms with Crippen molar-refractivity contribution in [1.82, 2.24) is 0 Å². The molecule has 0 saturated carbocycles. The van der Waals surface area contributed by atoms with Crippen LogP contribution in [0.25, 0.3) is 0 Å². The molecule has 82 valence electrons. The number of hydrogen-bond acceptors (Lipinski definition) is 4. The van der Waals surface area contributed by atoms with Crippen molar-refractivity contribution >= 4 is 17.7 Å². The topological polar surface area (TPSA) is 35.5 Å². The van der Waals surface area contributed by atoms with Crippen molar-refractivity contribution in [3.8, 4) is 0 Å². The minimum absolute atomic E-state index is 0.308. The molecule has 0 aliphatic carbocycles. The van der Waals surface area contributed by atoms with Crippen LogP contribution in [0.1, 0.15) is 15.9 Å². The molecule has 0 radical (unpaired) electrons. The third-order valence-electron chi connectivity index (χ3n) is 1.98. The molecule has 15 heavy (non-hydrogen) atoms. The average molecular weight is 226 g/mol. The summed E-state index contributed by atoms with van der Waals surface area (Å²) < 4.78 is 9.73. The molecule has 4 heteroatoms. The molecular weight excluding hydrogens is 212 g/mol. The third kappa shape index (κ3) is 2.97. The van der Waals surface area contributed by atoms with Gasteiger partial charge in [-0.1, -0.05) is 6.07 Å². The molecular formula is C11H14O3S. The maximum atomic E-state index is 11.5. The van der Waals surface area contributed by atoms with Crippen molar-refractivity contribution < 1.29 is 14.3 Å². The molecule has 0 amide bonds. The fourth-order valence-corrected chi connectivity index (χ4v) is 1.85. The number of rotatable bonds is 4. The summed E-state index contributed by atoms with van der Waals surface area (Å²) >= 11 is 1.52. The molecule has 0 saturated heterocycles. The number of carbonyl (C=O) groups is 1. The largest absolute Gasteiger partial charge is 0.465 e. The van der Waals surface area contributed by atoms with Crippen LogP contribution in [0, 0.1) is 0 Å². The van der Waals surface area contributed by atoms with Crippen LogP contribution in [0.2, 0.25) is 0 Å². The molecule has 0 aromatic heterocycles. The third-order valence-corrected chi connectivity index (χ3v) is 2.78. The van der Waals surface area contributed by atoms with E-state index in [9.17, 15) is 4.79 Å². The molecule has 1 rings (SSSR count). The summed E-state index contributed by atoms with van der Waals surface area (Å²) in [4.78, 5) is 12.4. The molecule has 0 N–H and O–H groups in total. The first-order chi connectivity index (χ1) is 7.22. The molecule has 0 heterocycles. The molecule has 1 aromatic carbocycles. The maximum Gasteiger partial charge on any atom is 0.339 e. The predicted molar refractivity (Wildman–Crippen MR) is 60.3 cm³/mol. The highest BCUT2D eigenvalue weighted by Crippen LogP contribution is 2.22. The zero-order chi connectivity index (χ0) is 11.3. The van der Waals surface area contributed by atoms with Gasteiger partial charge in [-0.3, -0.25) is 0 Å². The van der Waals surface area contributed by atoms with Gasteiger partial charge in [-0.25, -0.2) is 4.79 Å². The highest BCUT2D eigenvalue weighted by Gasteiger charge is 2.11. The Kier molecular flexibility index (Phi) is 4.65. The minimum Gasteiger partial charge on any atom is -0.465 e. The Morgan fingerprint density at radius 2 is 2.13 bits per heavy atom. The predicted octanol–water partition coefficient (Wildman–Crippen LogP) is 2.34. The van der Waals surface area contributed by atoms with Crippen LogP contribution in [-0.2, 0) is 16.1 Å². The summed E-state index contributed by atoms with van der Waals surface area (Å²) in [5.41, 5.74) is 1.57. The molecule has 0 spiro atoms. The van der Waals surface area contributed by atoms with Crippen molar-refractivity contribution in [2.45, 2.75) is 11.5 Å². The minimum atomic E-state index is -0.308. The van der Waals surface area contributed by atoms with Gasteiger partial charge in [0, 0.05) is 12.0 Å². The van der Waals surface area contributed by atoms with Crippen molar-refractivity contribution in [2.24, 2.45) is 0 Å². The van der Waals surface area contributed by atoms with E-state index >= 15 is 0 Å². The highest BCUT2D eigenvalue weighted by atomic mass is 32.2. The number of ether oxygens (including phenoxy) is 2. The number of hydrogen-bond donors (Lipinski definition) is 0. The Morgan fingerprint density at radius 1 is 1.40 bits per heavy atom. The number of carbonyl (C=O) groups excluding carboxylic acids is 1. The second-order valence-corrected chi connectivity index (χ2v) is 3.81. The summed E-state index contributed by atoms with van der Waals surface area (Å²) in [6.07, 6.45) is 1.93. The van der Waals surface area contributed by atoms with Crippen LogP contribution >= 0.6 is 11.8 Å². The zero-order valence-corrected chi connectivity index (χ0v) is 9.89. The van der Waals surface area contributed by atoms with E-state index in [-0.39, 0.29) is 5.97 Å². The number of benzene rings is 1. The average Bonchev–Trinajstić information content (AvgIpc) is 2.28. The van der Waals surface area contributed by atoms with E-state index in [2.05, 4.69) is 0 Å². The van der Waals surface area contributed by atoms with Gasteiger partial charge in [-0.2, -0.15) is 0 Å². The van der Waals surface area contributed by atoms with Crippen LogP contribution in [-0.4, -0.2) is 26.4 Å². The first-order valence-electron chi connectivity index (χ1n) is 4.47. The second kappa shape index (κ2) is 5.78. The van der Waals surface area contributed by atoms with Crippen LogP contribution in [0.3, 0.4) is 0 Å². The standard InChI is InChI=1S/C11H14O3S/c1-13-7-8-4-5-10(15-3)9(6-8)11(12)14-2/h4-6H,7H2,1-3H3. The smallest absolute Gasteiger partial charge is 0.339 e. The monoisotopic (exact) mass is 226 g/mol. The van der Waals surface area contributed by atoms with Gasteiger partial charge in [0.15, 0.2) is 0 Å². The van der Waals surface area contributed by atoms with Crippen LogP contribution < -0.4 is 0 Å². The molecule has 0 atom stereocenters. The van der Waals surface area contributed by atoms with E-state index in [1.165, 1.54) is 18.9 Å². The van der Waals surface area contributed by atoms with Crippen molar-refractivity contribution in [3.05, 3.63) is 29.3 Å². The van der Waals surface area contributed by atoms with Crippen molar-refractivity contribution in [3.63, 3.8) is 0 Å². The van der Waals surface area contributed by atoms with Gasteiger partial charge < -0.3 is 9.47 Å². The highest BCUT2D eigenvalue weighted by molar-refractivity contribution is 7.98. The maximum absolute atomic E-state index is 11.5. The molecule has 0 fully saturated rings. The van der Waals surface area contributed by atoms with E-state index in [1.807, 2.05) is 18.4 Å². The first-order valence-corrected chi connectivity index (χ1v) is 5.69. The van der Waals surface area contributed by atoms with Gasteiger partial charge in [0.1, 0.15) is 0 Å². The van der Waals surface area contributed by atoms with Crippen LogP contribution in [0.15, 0.2) is 23.1 Å². The molecule has 0 bridgehead atoms. The van der Waals surface area contributed by atoms with Gasteiger partial charge in [0.25, 0.3) is 0 Å². The Hall–Kier alpha value is -1.00.